The number of nitrogens with zero attached hydrogens (tertiary/aromatic N) is 5. The molecule has 0 bridgehead atoms. The number of anilines is 1. The minimum absolute atomic E-state index is 0.147. The molecule has 2 heterocycles. The average Bonchev–Trinajstić information content (AvgIpc) is 3.30. The van der Waals surface area contributed by atoms with Crippen LogP contribution in [0, 0.1) is 17.0 Å². The second kappa shape index (κ2) is 8.41. The lowest BCUT2D eigenvalue weighted by atomic mass is 10.2. The van der Waals surface area contributed by atoms with Crippen LogP contribution in [0.3, 0.4) is 0 Å². The number of benzene rings is 2. The standard InChI is InChI=1S/C21H16N6O4/c1-14-23-19(26-11-3-10-22-26)13-20(24-14)31-18-8-6-16(7-9-18)25-21(28)15-4-2-5-17(12-15)27(29)30/h2-13H,1H3,(H,25,28). The number of aromatic nitrogens is 4. The molecule has 0 spiro atoms. The van der Waals surface area contributed by atoms with Gasteiger partial charge in [0.05, 0.1) is 4.92 Å². The molecular weight excluding hydrogens is 400 g/mol. The molecule has 0 aliphatic heterocycles. The van der Waals surface area contributed by atoms with Gasteiger partial charge in [-0.2, -0.15) is 10.1 Å². The van der Waals surface area contributed by atoms with Gasteiger partial charge in [-0.25, -0.2) is 9.67 Å². The molecular formula is C21H16N6O4. The van der Waals surface area contributed by atoms with Crippen molar-refractivity contribution in [3.8, 4) is 17.4 Å². The molecule has 4 rings (SSSR count). The van der Waals surface area contributed by atoms with Gasteiger partial charge >= 0.3 is 0 Å². The smallest absolute Gasteiger partial charge is 0.270 e. The number of amides is 1. The van der Waals surface area contributed by atoms with E-state index in [0.717, 1.165) is 0 Å². The summed E-state index contributed by atoms with van der Waals surface area (Å²) in [7, 11) is 0. The van der Waals surface area contributed by atoms with E-state index in [1.54, 1.807) is 60.4 Å². The van der Waals surface area contributed by atoms with E-state index in [0.29, 0.717) is 29.0 Å². The van der Waals surface area contributed by atoms with Crippen LogP contribution in [0.25, 0.3) is 5.82 Å². The fourth-order valence-corrected chi connectivity index (χ4v) is 2.79. The Bertz CT molecular complexity index is 1240. The third kappa shape index (κ3) is 4.70. The third-order valence-electron chi connectivity index (χ3n) is 4.19. The lowest BCUT2D eigenvalue weighted by Crippen LogP contribution is -2.12. The number of hydrogen-bond acceptors (Lipinski definition) is 7. The topological polar surface area (TPSA) is 125 Å². The number of rotatable bonds is 6. The molecule has 0 aliphatic carbocycles. The van der Waals surface area contributed by atoms with Crippen LogP contribution in [0.15, 0.2) is 73.1 Å². The van der Waals surface area contributed by atoms with Crippen molar-refractivity contribution in [2.24, 2.45) is 0 Å². The largest absolute Gasteiger partial charge is 0.439 e. The van der Waals surface area contributed by atoms with Crippen LogP contribution >= 0.6 is 0 Å². The van der Waals surface area contributed by atoms with Gasteiger partial charge in [-0.15, -0.1) is 0 Å². The summed E-state index contributed by atoms with van der Waals surface area (Å²) in [5.74, 6) is 1.52. The second-order valence-electron chi connectivity index (χ2n) is 6.45. The predicted octanol–water partition coefficient (Wildman–Crippen LogP) is 3.92. The summed E-state index contributed by atoms with van der Waals surface area (Å²) in [5, 5.41) is 17.7. The van der Waals surface area contributed by atoms with Crippen LogP contribution in [0.4, 0.5) is 11.4 Å². The number of ether oxygens (including phenoxy) is 1. The van der Waals surface area contributed by atoms with Crippen LogP contribution in [-0.2, 0) is 0 Å². The molecule has 1 amide bonds. The molecule has 0 atom stereocenters. The third-order valence-corrected chi connectivity index (χ3v) is 4.19. The fourth-order valence-electron chi connectivity index (χ4n) is 2.79. The molecule has 4 aromatic rings. The van der Waals surface area contributed by atoms with Crippen LogP contribution in [0.1, 0.15) is 16.2 Å². The first-order valence-electron chi connectivity index (χ1n) is 9.17. The van der Waals surface area contributed by atoms with E-state index in [-0.39, 0.29) is 11.3 Å². The Kier molecular flexibility index (Phi) is 5.35. The van der Waals surface area contributed by atoms with Gasteiger partial charge in [0.2, 0.25) is 5.88 Å². The quantitative estimate of drug-likeness (QED) is 0.373. The zero-order valence-corrected chi connectivity index (χ0v) is 16.3. The Morgan fingerprint density at radius 3 is 2.61 bits per heavy atom. The average molecular weight is 416 g/mol. The van der Waals surface area contributed by atoms with Crippen LogP contribution in [0.5, 0.6) is 11.6 Å². The molecule has 0 radical (unpaired) electrons. The van der Waals surface area contributed by atoms with E-state index in [1.807, 2.05) is 0 Å². The summed E-state index contributed by atoms with van der Waals surface area (Å²) in [6, 6.07) is 15.6. The fraction of sp³-hybridized carbons (Fsp3) is 0.0476. The van der Waals surface area contributed by atoms with E-state index < -0.39 is 10.8 Å². The maximum Gasteiger partial charge on any atom is 0.270 e. The number of non-ortho nitro benzene ring substituents is 1. The first-order valence-corrected chi connectivity index (χ1v) is 9.17. The van der Waals surface area contributed by atoms with Gasteiger partial charge in [0, 0.05) is 41.8 Å². The van der Waals surface area contributed by atoms with E-state index >= 15 is 0 Å². The number of nitro groups is 1. The van der Waals surface area contributed by atoms with Gasteiger partial charge in [-0.1, -0.05) is 6.07 Å². The summed E-state index contributed by atoms with van der Waals surface area (Å²) < 4.78 is 7.41. The first-order chi connectivity index (χ1) is 15.0. The van der Waals surface area contributed by atoms with E-state index in [4.69, 9.17) is 4.74 Å². The molecule has 1 N–H and O–H groups in total. The monoisotopic (exact) mass is 416 g/mol. The number of hydrogen-bond donors (Lipinski definition) is 1. The van der Waals surface area contributed by atoms with Gasteiger partial charge < -0.3 is 10.1 Å². The second-order valence-corrected chi connectivity index (χ2v) is 6.45. The molecule has 0 unspecified atom stereocenters. The van der Waals surface area contributed by atoms with Gasteiger partial charge in [0.25, 0.3) is 11.6 Å². The van der Waals surface area contributed by atoms with Crippen molar-refractivity contribution in [3.05, 3.63) is 94.6 Å². The summed E-state index contributed by atoms with van der Waals surface area (Å²) in [4.78, 5) is 31.3. The summed E-state index contributed by atoms with van der Waals surface area (Å²) in [6.45, 7) is 1.76. The minimum Gasteiger partial charge on any atom is -0.439 e. The molecule has 0 aliphatic rings. The highest BCUT2D eigenvalue weighted by Crippen LogP contribution is 2.23. The normalized spacial score (nSPS) is 10.5. The Balaban J connectivity index is 1.46. The zero-order chi connectivity index (χ0) is 21.8. The molecule has 0 saturated carbocycles. The highest BCUT2D eigenvalue weighted by Gasteiger charge is 2.12. The van der Waals surface area contributed by atoms with E-state index in [9.17, 15) is 14.9 Å². The van der Waals surface area contributed by atoms with Crippen molar-refractivity contribution in [3.63, 3.8) is 0 Å². The van der Waals surface area contributed by atoms with Crippen molar-refractivity contribution in [2.45, 2.75) is 6.92 Å². The molecule has 0 saturated heterocycles. The summed E-state index contributed by atoms with van der Waals surface area (Å²) in [6.07, 6.45) is 3.42. The molecule has 2 aromatic heterocycles. The van der Waals surface area contributed by atoms with Crippen molar-refractivity contribution >= 4 is 17.3 Å². The maximum absolute atomic E-state index is 12.4. The maximum atomic E-state index is 12.4. The Morgan fingerprint density at radius 2 is 1.90 bits per heavy atom. The molecule has 0 fully saturated rings. The Hall–Kier alpha value is -4.60. The molecule has 2 aromatic carbocycles. The van der Waals surface area contributed by atoms with Crippen molar-refractivity contribution < 1.29 is 14.5 Å². The first kappa shape index (κ1) is 19.7. The van der Waals surface area contributed by atoms with E-state index in [1.165, 1.54) is 24.3 Å². The highest BCUT2D eigenvalue weighted by atomic mass is 16.6. The van der Waals surface area contributed by atoms with Gasteiger partial charge in [-0.05, 0) is 43.3 Å². The molecule has 10 nitrogen and oxygen atoms in total. The minimum atomic E-state index is -0.546. The highest BCUT2D eigenvalue weighted by molar-refractivity contribution is 6.04. The number of aryl methyl sites for hydroxylation is 1. The lowest BCUT2D eigenvalue weighted by molar-refractivity contribution is -0.384. The molecule has 154 valence electrons. The van der Waals surface area contributed by atoms with Crippen LogP contribution in [-0.4, -0.2) is 30.6 Å². The van der Waals surface area contributed by atoms with Gasteiger partial charge in [-0.3, -0.25) is 14.9 Å². The van der Waals surface area contributed by atoms with Crippen molar-refractivity contribution in [2.75, 3.05) is 5.32 Å². The van der Waals surface area contributed by atoms with Gasteiger partial charge in [0.15, 0.2) is 5.82 Å². The van der Waals surface area contributed by atoms with Gasteiger partial charge in [0.1, 0.15) is 11.6 Å². The van der Waals surface area contributed by atoms with Crippen molar-refractivity contribution in [1.29, 1.82) is 0 Å². The number of carbonyl (C=O) groups excluding carboxylic acids is 1. The van der Waals surface area contributed by atoms with Crippen LogP contribution < -0.4 is 10.1 Å². The number of carbonyl (C=O) groups is 1. The molecule has 31 heavy (non-hydrogen) atoms. The summed E-state index contributed by atoms with van der Waals surface area (Å²) in [5.41, 5.74) is 0.558. The Morgan fingerprint density at radius 1 is 1.10 bits per heavy atom. The summed E-state index contributed by atoms with van der Waals surface area (Å²) >= 11 is 0. The Labute approximate surface area is 176 Å². The number of nitrogens with one attached hydrogen (secondary N) is 1. The lowest BCUT2D eigenvalue weighted by Gasteiger charge is -2.09. The molecule has 10 heteroatoms. The van der Waals surface area contributed by atoms with Crippen LogP contribution in [0.2, 0.25) is 0 Å². The van der Waals surface area contributed by atoms with E-state index in [2.05, 4.69) is 20.4 Å². The number of nitro benzene ring substituents is 1. The van der Waals surface area contributed by atoms with Crippen molar-refractivity contribution in [1.82, 2.24) is 19.7 Å². The predicted molar refractivity (Wildman–Crippen MR) is 111 cm³/mol. The SMILES string of the molecule is Cc1nc(Oc2ccc(NC(=O)c3cccc([N+](=O)[O-])c3)cc2)cc(-n2cccn2)n1. The zero-order valence-electron chi connectivity index (χ0n) is 16.3.